The maximum Gasteiger partial charge on any atom is 0.416 e. The number of halogens is 6. The van der Waals surface area contributed by atoms with Gasteiger partial charge in [-0.3, -0.25) is 0 Å². The molecule has 0 aliphatic rings. The summed E-state index contributed by atoms with van der Waals surface area (Å²) in [5.41, 5.74) is 5.55. The van der Waals surface area contributed by atoms with Crippen LogP contribution < -0.4 is 0 Å². The van der Waals surface area contributed by atoms with Gasteiger partial charge in [0.25, 0.3) is 0 Å². The topological polar surface area (TPSA) is 43.5 Å². The van der Waals surface area contributed by atoms with E-state index in [0.717, 1.165) is 88.7 Å². The maximum absolute atomic E-state index is 15.0. The molecular formula is C63H35F6N5. The lowest BCUT2D eigenvalue weighted by Crippen LogP contribution is -2.12. The van der Waals surface area contributed by atoms with Gasteiger partial charge in [0, 0.05) is 60.0 Å². The van der Waals surface area contributed by atoms with E-state index in [9.17, 15) is 5.26 Å². The summed E-state index contributed by atoms with van der Waals surface area (Å²) >= 11 is 0. The van der Waals surface area contributed by atoms with Gasteiger partial charge >= 0.3 is 12.4 Å². The molecule has 0 saturated heterocycles. The van der Waals surface area contributed by atoms with Gasteiger partial charge in [-0.2, -0.15) is 31.6 Å². The molecule has 4 heterocycles. The van der Waals surface area contributed by atoms with Crippen LogP contribution in [0.4, 0.5) is 26.3 Å². The molecule has 14 aromatic rings. The van der Waals surface area contributed by atoms with Crippen molar-refractivity contribution in [3.63, 3.8) is 0 Å². The van der Waals surface area contributed by atoms with E-state index in [2.05, 4.69) is 75.9 Å². The average molecular weight is 976 g/mol. The molecule has 0 amide bonds. The van der Waals surface area contributed by atoms with Gasteiger partial charge < -0.3 is 18.3 Å². The molecule has 0 unspecified atom stereocenters. The highest BCUT2D eigenvalue weighted by Crippen LogP contribution is 2.47. The first-order valence-electron chi connectivity index (χ1n) is 23.9. The maximum atomic E-state index is 15.0. The van der Waals surface area contributed by atoms with E-state index in [0.29, 0.717) is 22.1 Å². The van der Waals surface area contributed by atoms with Crippen molar-refractivity contribution in [3.8, 4) is 39.9 Å². The van der Waals surface area contributed by atoms with Crippen LogP contribution in [0.5, 0.6) is 0 Å². The minimum absolute atomic E-state index is 0.0591. The summed E-state index contributed by atoms with van der Waals surface area (Å²) in [5.74, 6) is 0. The Morgan fingerprint density at radius 2 is 0.608 bits per heavy atom. The van der Waals surface area contributed by atoms with Crippen LogP contribution in [-0.2, 0) is 12.4 Å². The molecule has 0 fully saturated rings. The molecule has 0 aliphatic carbocycles. The number of para-hydroxylation sites is 6. The second-order valence-electron chi connectivity index (χ2n) is 18.6. The Kier molecular flexibility index (Phi) is 9.20. The molecule has 0 bridgehead atoms. The van der Waals surface area contributed by atoms with E-state index < -0.39 is 23.5 Å². The molecule has 354 valence electrons. The first-order chi connectivity index (χ1) is 35.9. The minimum Gasteiger partial charge on any atom is -0.309 e. The Hall–Kier alpha value is -9.53. The van der Waals surface area contributed by atoms with E-state index in [-0.39, 0.29) is 34.1 Å². The van der Waals surface area contributed by atoms with Gasteiger partial charge in [-0.1, -0.05) is 109 Å². The van der Waals surface area contributed by atoms with Gasteiger partial charge in [0.1, 0.15) is 0 Å². The second kappa shape index (κ2) is 15.7. The number of nitriles is 1. The third-order valence-electron chi connectivity index (χ3n) is 14.6. The van der Waals surface area contributed by atoms with Crippen molar-refractivity contribution in [2.24, 2.45) is 0 Å². The van der Waals surface area contributed by atoms with Gasteiger partial charge in [0.15, 0.2) is 0 Å². The highest BCUT2D eigenvalue weighted by Gasteiger charge is 2.38. The minimum atomic E-state index is -5.14. The number of benzene rings is 10. The fraction of sp³-hybridized carbons (Fsp3) is 0.0317. The lowest BCUT2D eigenvalue weighted by atomic mass is 9.94. The van der Waals surface area contributed by atoms with Crippen LogP contribution in [0, 0.1) is 11.3 Å². The van der Waals surface area contributed by atoms with E-state index in [4.69, 9.17) is 0 Å². The van der Waals surface area contributed by atoms with Gasteiger partial charge in [-0.05, 0) is 109 Å². The molecule has 4 aromatic heterocycles. The van der Waals surface area contributed by atoms with Crippen molar-refractivity contribution >= 4 is 87.2 Å². The number of fused-ring (bicyclic) bond motifs is 12. The summed E-state index contributed by atoms with van der Waals surface area (Å²) in [5, 5.41) is 18.4. The zero-order chi connectivity index (χ0) is 50.2. The van der Waals surface area contributed by atoms with E-state index in [1.54, 1.807) is 12.1 Å². The monoisotopic (exact) mass is 975 g/mol. The van der Waals surface area contributed by atoms with E-state index in [1.165, 1.54) is 0 Å². The summed E-state index contributed by atoms with van der Waals surface area (Å²) in [6.07, 6.45) is -10.3. The highest BCUT2D eigenvalue weighted by molar-refractivity contribution is 6.15. The van der Waals surface area contributed by atoms with Crippen LogP contribution >= 0.6 is 0 Å². The molecule has 0 radical (unpaired) electrons. The smallest absolute Gasteiger partial charge is 0.309 e. The lowest BCUT2D eigenvalue weighted by Gasteiger charge is -2.22. The molecular weight excluding hydrogens is 941 g/mol. The molecule has 14 rings (SSSR count). The summed E-state index contributed by atoms with van der Waals surface area (Å²) in [6, 6.07) is 66.8. The number of aromatic nitrogens is 4. The molecule has 0 aliphatic heterocycles. The predicted octanol–water partition coefficient (Wildman–Crippen LogP) is 17.7. The summed E-state index contributed by atoms with van der Waals surface area (Å²) in [7, 11) is 0. The van der Waals surface area contributed by atoms with Crippen molar-refractivity contribution in [1.29, 1.82) is 5.26 Å². The van der Waals surface area contributed by atoms with Crippen molar-refractivity contribution in [2.75, 3.05) is 0 Å². The molecule has 5 nitrogen and oxygen atoms in total. The third kappa shape index (κ3) is 6.37. The van der Waals surface area contributed by atoms with E-state index >= 15 is 26.3 Å². The lowest BCUT2D eigenvalue weighted by molar-refractivity contribution is -0.143. The van der Waals surface area contributed by atoms with Crippen LogP contribution in [0.1, 0.15) is 16.7 Å². The van der Waals surface area contributed by atoms with Gasteiger partial charge in [0.05, 0.1) is 78.3 Å². The molecule has 0 saturated carbocycles. The van der Waals surface area contributed by atoms with Gasteiger partial charge in [-0.15, -0.1) is 0 Å². The second-order valence-corrected chi connectivity index (χ2v) is 18.6. The highest BCUT2D eigenvalue weighted by atomic mass is 19.4. The fourth-order valence-corrected chi connectivity index (χ4v) is 11.5. The van der Waals surface area contributed by atoms with Crippen molar-refractivity contribution in [3.05, 3.63) is 229 Å². The third-order valence-corrected chi connectivity index (χ3v) is 14.6. The van der Waals surface area contributed by atoms with Crippen molar-refractivity contribution in [2.45, 2.75) is 12.4 Å². The molecule has 10 aromatic carbocycles. The fourth-order valence-electron chi connectivity index (χ4n) is 11.5. The summed E-state index contributed by atoms with van der Waals surface area (Å²) in [6.45, 7) is 0. The molecule has 74 heavy (non-hydrogen) atoms. The van der Waals surface area contributed by atoms with Crippen LogP contribution in [0.25, 0.3) is 121 Å². The summed E-state index contributed by atoms with van der Waals surface area (Å²) in [4.78, 5) is 0. The molecule has 0 N–H and O–H groups in total. The average Bonchev–Trinajstić information content (AvgIpc) is 4.14. The Morgan fingerprint density at radius 3 is 0.932 bits per heavy atom. The number of alkyl halides is 6. The molecule has 0 atom stereocenters. The normalized spacial score (nSPS) is 12.4. The number of nitrogens with zero attached hydrogens (tertiary/aromatic N) is 5. The number of hydrogen-bond acceptors (Lipinski definition) is 1. The zero-order valence-electron chi connectivity index (χ0n) is 38.7. The Balaban J connectivity index is 1.10. The zero-order valence-corrected chi connectivity index (χ0v) is 38.7. The van der Waals surface area contributed by atoms with Crippen molar-refractivity contribution in [1.82, 2.24) is 18.3 Å². The Labute approximate surface area is 416 Å². The largest absolute Gasteiger partial charge is 0.416 e. The van der Waals surface area contributed by atoms with Crippen LogP contribution in [0.2, 0.25) is 0 Å². The van der Waals surface area contributed by atoms with Crippen LogP contribution in [0.3, 0.4) is 0 Å². The van der Waals surface area contributed by atoms with Gasteiger partial charge in [-0.25, -0.2) is 0 Å². The Bertz CT molecular complexity index is 4340. The predicted molar refractivity (Wildman–Crippen MR) is 284 cm³/mol. The van der Waals surface area contributed by atoms with Gasteiger partial charge in [0.2, 0.25) is 0 Å². The summed E-state index contributed by atoms with van der Waals surface area (Å²) < 4.78 is 98.3. The SMILES string of the molecule is N#Cc1cc(-n2c3ccccc3c3cc(-n4c5ccccc5c5ccccc54)ccc32)c(-c2cc(C(F)(F)F)cc(C(F)(F)F)c2)c(-n2c3ccccc3c3cc(-n4c5ccccc5c5ccccc54)ccc32)c1. The first-order valence-corrected chi connectivity index (χ1v) is 23.9. The number of hydrogen-bond donors (Lipinski definition) is 0. The quantitative estimate of drug-likeness (QED) is 0.159. The molecule has 11 heteroatoms. The Morgan fingerprint density at radius 1 is 0.311 bits per heavy atom. The standard InChI is InChI=1S/C63H35F6N5/c64-62(65,66)39-31-38(32-40(33-39)63(67,68)69)61-59(73-55-23-11-5-17-47(55)49-34-41(25-27-57(49)73)71-51-19-7-1-13-43(51)44-14-2-8-20-52(44)71)29-37(36-70)30-60(61)74-56-24-12-6-18-48(56)50-35-42(26-28-58(50)74)72-53-21-9-3-15-45(53)46-16-4-10-22-54(46)72/h1-35H. The number of rotatable bonds is 5. The first kappa shape index (κ1) is 43.3. The van der Waals surface area contributed by atoms with Crippen LogP contribution in [-0.4, -0.2) is 18.3 Å². The van der Waals surface area contributed by atoms with E-state index in [1.807, 2.05) is 130 Å². The molecule has 0 spiro atoms. The van der Waals surface area contributed by atoms with Crippen molar-refractivity contribution < 1.29 is 26.3 Å². The van der Waals surface area contributed by atoms with Crippen LogP contribution in [0.15, 0.2) is 212 Å².